The number of carbonyl (C=O) groups excluding carboxylic acids is 2. The van der Waals surface area contributed by atoms with Crippen molar-refractivity contribution in [2.24, 2.45) is 0 Å². The monoisotopic (exact) mass is 386 g/mol. The smallest absolute Gasteiger partial charge is 0.279 e. The number of anilines is 2. The lowest BCUT2D eigenvalue weighted by molar-refractivity contribution is -0.907. The molecule has 2 atom stereocenters. The number of amides is 2. The molecule has 1 aliphatic rings. The normalized spacial score (nSPS) is 21.8. The van der Waals surface area contributed by atoms with Gasteiger partial charge in [0.1, 0.15) is 31.1 Å². The van der Waals surface area contributed by atoms with E-state index in [0.29, 0.717) is 23.5 Å². The molecule has 0 aliphatic carbocycles. The Balaban J connectivity index is 1.65. The molecule has 2 aromatic rings. The number of halogens is 1. The quantitative estimate of drug-likeness (QED) is 0.733. The molecule has 3 rings (SSSR count). The van der Waals surface area contributed by atoms with E-state index in [2.05, 4.69) is 10.6 Å². The highest BCUT2D eigenvalue weighted by Gasteiger charge is 2.27. The van der Waals surface area contributed by atoms with Crippen molar-refractivity contribution in [3.05, 3.63) is 59.9 Å². The Morgan fingerprint density at radius 3 is 2.36 bits per heavy atom. The summed E-state index contributed by atoms with van der Waals surface area (Å²) in [5, 5.41) is 5.56. The summed E-state index contributed by atoms with van der Waals surface area (Å²) in [5.41, 5.74) is 1.27. The first-order valence-electron chi connectivity index (χ1n) is 9.35. The molecule has 28 heavy (non-hydrogen) atoms. The first-order valence-corrected chi connectivity index (χ1v) is 9.35. The van der Waals surface area contributed by atoms with Crippen LogP contribution in [0.5, 0.6) is 0 Å². The van der Waals surface area contributed by atoms with Gasteiger partial charge in [0, 0.05) is 5.69 Å². The number of morpholine rings is 1. The number of benzene rings is 2. The van der Waals surface area contributed by atoms with Crippen LogP contribution in [0.1, 0.15) is 24.2 Å². The summed E-state index contributed by atoms with van der Waals surface area (Å²) in [6, 6.07) is 12.3. The molecule has 1 fully saturated rings. The second-order valence-corrected chi connectivity index (χ2v) is 7.15. The summed E-state index contributed by atoms with van der Waals surface area (Å²) in [4.78, 5) is 26.3. The van der Waals surface area contributed by atoms with Crippen molar-refractivity contribution in [3.63, 3.8) is 0 Å². The third-order valence-corrected chi connectivity index (χ3v) is 4.58. The molecule has 1 heterocycles. The maximum atomic E-state index is 13.0. The molecule has 0 unspecified atom stereocenters. The molecule has 7 heteroatoms. The number of hydrogen-bond acceptors (Lipinski definition) is 3. The second-order valence-electron chi connectivity index (χ2n) is 7.15. The number of hydrogen-bond donors (Lipinski definition) is 3. The van der Waals surface area contributed by atoms with E-state index in [1.54, 1.807) is 24.3 Å². The van der Waals surface area contributed by atoms with Gasteiger partial charge in [0.25, 0.3) is 11.8 Å². The van der Waals surface area contributed by atoms with Crippen molar-refractivity contribution in [2.45, 2.75) is 26.1 Å². The molecule has 1 saturated heterocycles. The van der Waals surface area contributed by atoms with Crippen molar-refractivity contribution in [1.82, 2.24) is 0 Å². The predicted octanol–water partition coefficient (Wildman–Crippen LogP) is 1.71. The van der Waals surface area contributed by atoms with Crippen LogP contribution in [0.2, 0.25) is 0 Å². The topological polar surface area (TPSA) is 71.9 Å². The number of para-hydroxylation sites is 1. The molecule has 2 amide bonds. The van der Waals surface area contributed by atoms with E-state index in [4.69, 9.17) is 4.74 Å². The van der Waals surface area contributed by atoms with Crippen molar-refractivity contribution < 1.29 is 23.6 Å². The van der Waals surface area contributed by atoms with Gasteiger partial charge in [-0.3, -0.25) is 9.59 Å². The minimum absolute atomic E-state index is 0.111. The van der Waals surface area contributed by atoms with E-state index in [1.165, 1.54) is 24.3 Å². The van der Waals surface area contributed by atoms with Crippen molar-refractivity contribution in [2.75, 3.05) is 30.3 Å². The van der Waals surface area contributed by atoms with Crippen LogP contribution in [0.25, 0.3) is 0 Å². The SMILES string of the molecule is C[C@H]1C[NH+](CC(=O)Nc2ccccc2C(=O)Nc2ccc(F)cc2)C[C@H](C)O1. The van der Waals surface area contributed by atoms with Crippen LogP contribution >= 0.6 is 0 Å². The third kappa shape index (κ3) is 5.37. The van der Waals surface area contributed by atoms with Crippen LogP contribution in [0.4, 0.5) is 15.8 Å². The average Bonchev–Trinajstić information content (AvgIpc) is 2.63. The van der Waals surface area contributed by atoms with Crippen molar-refractivity contribution >= 4 is 23.2 Å². The maximum absolute atomic E-state index is 13.0. The van der Waals surface area contributed by atoms with Crippen molar-refractivity contribution in [3.8, 4) is 0 Å². The van der Waals surface area contributed by atoms with Crippen molar-refractivity contribution in [1.29, 1.82) is 0 Å². The number of nitrogens with one attached hydrogen (secondary N) is 3. The highest BCUT2D eigenvalue weighted by atomic mass is 19.1. The van der Waals surface area contributed by atoms with E-state index >= 15 is 0 Å². The fraction of sp³-hybridized carbons (Fsp3) is 0.333. The Morgan fingerprint density at radius 1 is 1.04 bits per heavy atom. The summed E-state index contributed by atoms with van der Waals surface area (Å²) in [6.07, 6.45) is 0.223. The zero-order valence-corrected chi connectivity index (χ0v) is 16.0. The summed E-state index contributed by atoms with van der Waals surface area (Å²) < 4.78 is 18.7. The number of carbonyl (C=O) groups is 2. The standard InChI is InChI=1S/C21H24FN3O3/c1-14-11-25(12-15(2)28-14)13-20(26)24-19-6-4-3-5-18(19)21(27)23-17-9-7-16(22)8-10-17/h3-10,14-15H,11-13H2,1-2H3,(H,23,27)(H,24,26)/p+1/t14-,15-/m0/s1. The van der Waals surface area contributed by atoms with E-state index in [9.17, 15) is 14.0 Å². The molecule has 6 nitrogen and oxygen atoms in total. The molecule has 148 valence electrons. The Kier molecular flexibility index (Phi) is 6.38. The van der Waals surface area contributed by atoms with Gasteiger partial charge < -0.3 is 20.3 Å². The van der Waals surface area contributed by atoms with Crippen LogP contribution in [-0.4, -0.2) is 43.7 Å². The van der Waals surface area contributed by atoms with E-state index in [-0.39, 0.29) is 29.8 Å². The fourth-order valence-corrected chi connectivity index (χ4v) is 3.48. The molecule has 3 N–H and O–H groups in total. The highest BCUT2D eigenvalue weighted by molar-refractivity contribution is 6.10. The summed E-state index contributed by atoms with van der Waals surface area (Å²) >= 11 is 0. The average molecular weight is 386 g/mol. The van der Waals surface area contributed by atoms with Crippen LogP contribution in [-0.2, 0) is 9.53 Å². The lowest BCUT2D eigenvalue weighted by atomic mass is 10.1. The Morgan fingerprint density at radius 2 is 1.68 bits per heavy atom. The van der Waals surface area contributed by atoms with Gasteiger partial charge in [-0.05, 0) is 50.2 Å². The fourth-order valence-electron chi connectivity index (χ4n) is 3.48. The van der Waals surface area contributed by atoms with Gasteiger partial charge in [0.2, 0.25) is 0 Å². The lowest BCUT2D eigenvalue weighted by Gasteiger charge is -2.31. The van der Waals surface area contributed by atoms with Gasteiger partial charge in [-0.2, -0.15) is 0 Å². The van der Waals surface area contributed by atoms with Gasteiger partial charge in [0.05, 0.1) is 11.3 Å². The van der Waals surface area contributed by atoms with E-state index in [1.807, 2.05) is 13.8 Å². The largest absolute Gasteiger partial charge is 0.364 e. The van der Waals surface area contributed by atoms with Crippen LogP contribution in [0, 0.1) is 5.82 Å². The summed E-state index contributed by atoms with van der Waals surface area (Å²) in [7, 11) is 0. The molecule has 0 bridgehead atoms. The predicted molar refractivity (Wildman–Crippen MR) is 105 cm³/mol. The first kappa shape index (κ1) is 20.0. The van der Waals surface area contributed by atoms with Gasteiger partial charge in [-0.25, -0.2) is 4.39 Å². The molecule has 0 radical (unpaired) electrons. The maximum Gasteiger partial charge on any atom is 0.279 e. The lowest BCUT2D eigenvalue weighted by Crippen LogP contribution is -3.16. The Labute approximate surface area is 163 Å². The molecule has 0 saturated carbocycles. The van der Waals surface area contributed by atoms with E-state index in [0.717, 1.165) is 18.0 Å². The van der Waals surface area contributed by atoms with Crippen LogP contribution in [0.15, 0.2) is 48.5 Å². The Bertz CT molecular complexity index is 831. The zero-order valence-electron chi connectivity index (χ0n) is 16.0. The van der Waals surface area contributed by atoms with Gasteiger partial charge >= 0.3 is 0 Å². The number of ether oxygens (including phenoxy) is 1. The minimum atomic E-state index is -0.375. The molecule has 0 aromatic heterocycles. The van der Waals surface area contributed by atoms with Crippen LogP contribution < -0.4 is 15.5 Å². The summed E-state index contributed by atoms with van der Waals surface area (Å²) in [5.74, 6) is -0.901. The zero-order chi connectivity index (χ0) is 20.1. The second kappa shape index (κ2) is 8.95. The Hall–Kier alpha value is -2.77. The molecule has 0 spiro atoms. The number of quaternary nitrogens is 1. The van der Waals surface area contributed by atoms with E-state index < -0.39 is 0 Å². The molecule has 1 aliphatic heterocycles. The van der Waals surface area contributed by atoms with Gasteiger partial charge in [0.15, 0.2) is 6.54 Å². The first-order chi connectivity index (χ1) is 13.4. The highest BCUT2D eigenvalue weighted by Crippen LogP contribution is 2.17. The van der Waals surface area contributed by atoms with Gasteiger partial charge in [-0.15, -0.1) is 0 Å². The van der Waals surface area contributed by atoms with Gasteiger partial charge in [-0.1, -0.05) is 12.1 Å². The summed E-state index contributed by atoms with van der Waals surface area (Å²) in [6.45, 7) is 5.85. The molecular formula is C21H25FN3O3+. The number of rotatable bonds is 5. The van der Waals surface area contributed by atoms with Crippen LogP contribution in [0.3, 0.4) is 0 Å². The third-order valence-electron chi connectivity index (χ3n) is 4.58. The molecule has 2 aromatic carbocycles. The molecular weight excluding hydrogens is 361 g/mol. The minimum Gasteiger partial charge on any atom is -0.364 e.